The minimum atomic E-state index is -0.883. The summed E-state index contributed by atoms with van der Waals surface area (Å²) in [5, 5.41) is 3.01. The molecule has 1 unspecified atom stereocenters. The first kappa shape index (κ1) is 21.6. The van der Waals surface area contributed by atoms with Gasteiger partial charge in [0.15, 0.2) is 0 Å². The predicted molar refractivity (Wildman–Crippen MR) is 124 cm³/mol. The molecule has 0 aliphatic carbocycles. The molecule has 3 heterocycles. The second-order valence-corrected chi connectivity index (χ2v) is 9.36. The van der Waals surface area contributed by atoms with Gasteiger partial charge in [-0.2, -0.15) is 0 Å². The number of imide groups is 1. The molecule has 0 saturated carbocycles. The number of nitrogens with zero attached hydrogens (tertiary/aromatic N) is 3. The van der Waals surface area contributed by atoms with E-state index < -0.39 is 5.54 Å². The van der Waals surface area contributed by atoms with E-state index in [1.165, 1.54) is 10.5 Å². The Balaban J connectivity index is 1.23. The number of carbonyl (C=O) groups excluding carboxylic acids is 3. The summed E-state index contributed by atoms with van der Waals surface area (Å²) in [6, 6.07) is 19.1. The summed E-state index contributed by atoms with van der Waals surface area (Å²) in [7, 11) is 0. The van der Waals surface area contributed by atoms with Crippen molar-refractivity contribution in [2.45, 2.75) is 43.8 Å². The standard InChI is InChI=1S/C26H30N4O3/c31-23(21-10-5-2-6-11-21)29-16-13-26(14-17-29)24(32)30(25(33)27-26)22-12-7-15-28(19-22)18-20-8-3-1-4-9-20/h1-6,8-11,22H,7,12-19H2,(H,27,33). The van der Waals surface area contributed by atoms with Gasteiger partial charge in [-0.3, -0.25) is 19.4 Å². The Labute approximate surface area is 194 Å². The maximum atomic E-state index is 13.5. The summed E-state index contributed by atoms with van der Waals surface area (Å²) in [5.41, 5.74) is 1.01. The smallest absolute Gasteiger partial charge is 0.325 e. The number of nitrogens with one attached hydrogen (secondary N) is 1. The van der Waals surface area contributed by atoms with Crippen molar-refractivity contribution in [3.05, 3.63) is 71.8 Å². The van der Waals surface area contributed by atoms with Gasteiger partial charge in [-0.25, -0.2) is 4.79 Å². The van der Waals surface area contributed by atoms with E-state index in [0.717, 1.165) is 25.9 Å². The van der Waals surface area contributed by atoms with E-state index in [2.05, 4.69) is 22.3 Å². The second-order valence-electron chi connectivity index (χ2n) is 9.36. The molecule has 3 aliphatic heterocycles. The van der Waals surface area contributed by atoms with Gasteiger partial charge in [0.2, 0.25) is 0 Å². The summed E-state index contributed by atoms with van der Waals surface area (Å²) in [5.74, 6) is -0.145. The Bertz CT molecular complexity index is 1020. The zero-order chi connectivity index (χ0) is 22.8. The molecule has 7 nitrogen and oxygen atoms in total. The summed E-state index contributed by atoms with van der Waals surface area (Å²) >= 11 is 0. The highest BCUT2D eigenvalue weighted by Crippen LogP contribution is 2.33. The van der Waals surface area contributed by atoms with Crippen molar-refractivity contribution in [2.75, 3.05) is 26.2 Å². The van der Waals surface area contributed by atoms with Crippen molar-refractivity contribution in [3.63, 3.8) is 0 Å². The number of likely N-dealkylation sites (tertiary alicyclic amines) is 2. The highest BCUT2D eigenvalue weighted by Gasteiger charge is 2.54. The van der Waals surface area contributed by atoms with Crippen LogP contribution in [0, 0.1) is 0 Å². The van der Waals surface area contributed by atoms with Gasteiger partial charge in [0.25, 0.3) is 11.8 Å². The fourth-order valence-electron chi connectivity index (χ4n) is 5.39. The fraction of sp³-hybridized carbons (Fsp3) is 0.423. The van der Waals surface area contributed by atoms with Crippen LogP contribution in [0.5, 0.6) is 0 Å². The van der Waals surface area contributed by atoms with E-state index in [0.29, 0.717) is 38.0 Å². The minimum absolute atomic E-state index is 0.0251. The van der Waals surface area contributed by atoms with Gasteiger partial charge in [0, 0.05) is 31.7 Å². The molecular weight excluding hydrogens is 416 g/mol. The number of urea groups is 1. The lowest BCUT2D eigenvalue weighted by Gasteiger charge is -2.39. The monoisotopic (exact) mass is 446 g/mol. The summed E-state index contributed by atoms with van der Waals surface area (Å²) in [4.78, 5) is 44.9. The predicted octanol–water partition coefficient (Wildman–Crippen LogP) is 2.88. The average Bonchev–Trinajstić information content (AvgIpc) is 3.09. The topological polar surface area (TPSA) is 73.0 Å². The van der Waals surface area contributed by atoms with Crippen molar-refractivity contribution in [1.29, 1.82) is 0 Å². The van der Waals surface area contributed by atoms with E-state index in [9.17, 15) is 14.4 Å². The quantitative estimate of drug-likeness (QED) is 0.733. The van der Waals surface area contributed by atoms with Crippen LogP contribution in [0.3, 0.4) is 0 Å². The SMILES string of the molecule is O=C(c1ccccc1)N1CCC2(CC1)NC(=O)N(C1CCCN(Cc3ccccc3)C1)C2=O. The number of hydrogen-bond acceptors (Lipinski definition) is 4. The van der Waals surface area contributed by atoms with Crippen LogP contribution in [0.25, 0.3) is 0 Å². The van der Waals surface area contributed by atoms with Crippen LogP contribution in [0.4, 0.5) is 4.79 Å². The number of benzene rings is 2. The van der Waals surface area contributed by atoms with Crippen molar-refractivity contribution in [1.82, 2.24) is 20.0 Å². The number of hydrogen-bond donors (Lipinski definition) is 1. The van der Waals surface area contributed by atoms with Crippen LogP contribution in [-0.2, 0) is 11.3 Å². The van der Waals surface area contributed by atoms with Gasteiger partial charge in [-0.1, -0.05) is 48.5 Å². The van der Waals surface area contributed by atoms with Gasteiger partial charge in [-0.15, -0.1) is 0 Å². The number of piperidine rings is 2. The van der Waals surface area contributed by atoms with E-state index >= 15 is 0 Å². The third kappa shape index (κ3) is 4.25. The van der Waals surface area contributed by atoms with Crippen LogP contribution in [0.2, 0.25) is 0 Å². The van der Waals surface area contributed by atoms with Gasteiger partial charge < -0.3 is 10.2 Å². The van der Waals surface area contributed by atoms with Crippen molar-refractivity contribution < 1.29 is 14.4 Å². The van der Waals surface area contributed by atoms with E-state index in [1.807, 2.05) is 36.4 Å². The number of carbonyl (C=O) groups is 3. The Morgan fingerprint density at radius 3 is 2.30 bits per heavy atom. The summed E-state index contributed by atoms with van der Waals surface area (Å²) < 4.78 is 0. The van der Waals surface area contributed by atoms with Crippen molar-refractivity contribution >= 4 is 17.8 Å². The molecule has 3 saturated heterocycles. The second kappa shape index (κ2) is 8.98. The molecule has 172 valence electrons. The average molecular weight is 447 g/mol. The molecular formula is C26H30N4O3. The zero-order valence-electron chi connectivity index (χ0n) is 18.8. The molecule has 33 heavy (non-hydrogen) atoms. The Kier molecular flexibility index (Phi) is 5.89. The molecule has 2 aromatic rings. The highest BCUT2D eigenvalue weighted by molar-refractivity contribution is 6.07. The van der Waals surface area contributed by atoms with Crippen LogP contribution in [0.1, 0.15) is 41.6 Å². The van der Waals surface area contributed by atoms with E-state index in [4.69, 9.17) is 0 Å². The number of amides is 4. The van der Waals surface area contributed by atoms with Gasteiger partial charge in [0.05, 0.1) is 6.04 Å². The molecule has 5 rings (SSSR count). The molecule has 3 aliphatic rings. The third-order valence-electron chi connectivity index (χ3n) is 7.21. The Hall–Kier alpha value is -3.19. The molecule has 4 amide bonds. The molecule has 1 N–H and O–H groups in total. The first-order valence-corrected chi connectivity index (χ1v) is 11.8. The minimum Gasteiger partial charge on any atom is -0.338 e. The summed E-state index contributed by atoms with van der Waals surface area (Å²) in [6.45, 7) is 3.40. The normalized spacial score (nSPS) is 23.1. The van der Waals surface area contributed by atoms with Crippen LogP contribution < -0.4 is 5.32 Å². The van der Waals surface area contributed by atoms with Gasteiger partial charge in [-0.05, 0) is 49.9 Å². The molecule has 3 fully saturated rings. The zero-order valence-corrected chi connectivity index (χ0v) is 18.8. The van der Waals surface area contributed by atoms with E-state index in [1.54, 1.807) is 17.0 Å². The third-order valence-corrected chi connectivity index (χ3v) is 7.21. The molecule has 0 aromatic heterocycles. The molecule has 7 heteroatoms. The Morgan fingerprint density at radius 1 is 0.939 bits per heavy atom. The van der Waals surface area contributed by atoms with Crippen molar-refractivity contribution in [3.8, 4) is 0 Å². The van der Waals surface area contributed by atoms with Crippen LogP contribution in [-0.4, -0.2) is 70.3 Å². The van der Waals surface area contributed by atoms with Crippen LogP contribution >= 0.6 is 0 Å². The molecule has 2 aromatic carbocycles. The molecule has 1 spiro atoms. The first-order chi connectivity index (χ1) is 16.1. The fourth-order valence-corrected chi connectivity index (χ4v) is 5.39. The summed E-state index contributed by atoms with van der Waals surface area (Å²) in [6.07, 6.45) is 2.69. The van der Waals surface area contributed by atoms with Gasteiger partial charge in [0.1, 0.15) is 5.54 Å². The van der Waals surface area contributed by atoms with Crippen LogP contribution in [0.15, 0.2) is 60.7 Å². The molecule has 1 atom stereocenters. The maximum absolute atomic E-state index is 13.5. The largest absolute Gasteiger partial charge is 0.338 e. The van der Waals surface area contributed by atoms with Crippen molar-refractivity contribution in [2.24, 2.45) is 0 Å². The molecule has 0 bridgehead atoms. The van der Waals surface area contributed by atoms with E-state index in [-0.39, 0.29) is 23.9 Å². The van der Waals surface area contributed by atoms with Gasteiger partial charge >= 0.3 is 6.03 Å². The first-order valence-electron chi connectivity index (χ1n) is 11.8. The Morgan fingerprint density at radius 2 is 1.61 bits per heavy atom. The number of rotatable bonds is 4. The lowest BCUT2D eigenvalue weighted by Crippen LogP contribution is -2.56. The highest BCUT2D eigenvalue weighted by atomic mass is 16.2. The lowest BCUT2D eigenvalue weighted by molar-refractivity contribution is -0.135. The lowest BCUT2D eigenvalue weighted by atomic mass is 9.86. The maximum Gasteiger partial charge on any atom is 0.325 e. The molecule has 0 radical (unpaired) electrons.